The molecule has 9 heteroatoms. The summed E-state index contributed by atoms with van der Waals surface area (Å²) in [6.45, 7) is 3.44. The van der Waals surface area contributed by atoms with Gasteiger partial charge in [-0.25, -0.2) is 4.79 Å². The van der Waals surface area contributed by atoms with E-state index in [1.165, 1.54) is 24.3 Å². The van der Waals surface area contributed by atoms with Gasteiger partial charge in [0.15, 0.2) is 0 Å². The second-order valence-corrected chi connectivity index (χ2v) is 6.41. The first-order valence-electron chi connectivity index (χ1n) is 9.14. The molecule has 3 rings (SSSR count). The smallest absolute Gasteiger partial charge is 0.349 e. The number of nitrogens with one attached hydrogen (secondary N) is 1. The first-order valence-corrected chi connectivity index (χ1v) is 9.14. The van der Waals surface area contributed by atoms with Crippen molar-refractivity contribution in [2.75, 3.05) is 6.61 Å². The van der Waals surface area contributed by atoms with Crippen LogP contribution in [0.25, 0.3) is 0 Å². The molecule has 0 saturated carbocycles. The fraction of sp³-hybridized carbons (Fsp3) is 0.238. The van der Waals surface area contributed by atoms with E-state index in [0.29, 0.717) is 0 Å². The summed E-state index contributed by atoms with van der Waals surface area (Å²) in [6, 6.07) is 12.0. The molecule has 0 saturated heterocycles. The first kappa shape index (κ1) is 21.1. The van der Waals surface area contributed by atoms with E-state index in [1.54, 1.807) is 37.3 Å². The van der Waals surface area contributed by atoms with Crippen LogP contribution in [0.3, 0.4) is 0 Å². The molecule has 1 atom stereocenters. The Bertz CT molecular complexity index is 1020. The van der Waals surface area contributed by atoms with Crippen LogP contribution < -0.4 is 5.32 Å². The molecule has 156 valence electrons. The normalized spacial score (nSPS) is 12.3. The van der Waals surface area contributed by atoms with E-state index in [4.69, 9.17) is 9.15 Å². The predicted molar refractivity (Wildman–Crippen MR) is 102 cm³/mol. The molecule has 1 aromatic heterocycles. The molecule has 1 amide bonds. The standard InChI is InChI=1S/C21H19F2N3O4/c1-3-29-19(28)16(24-17(27)14-11-9-13(2)10-12-14)18-25-26-20(30-18)21(22,23)15-7-5-4-6-8-15/h4-12,16H,3H2,1-2H3,(H,24,27)/t16-/m0/s1. The number of carbonyl (C=O) groups excluding carboxylic acids is 2. The Balaban J connectivity index is 1.89. The van der Waals surface area contributed by atoms with Crippen LogP contribution in [0.15, 0.2) is 59.0 Å². The van der Waals surface area contributed by atoms with Gasteiger partial charge in [-0.15, -0.1) is 10.2 Å². The van der Waals surface area contributed by atoms with Gasteiger partial charge in [0, 0.05) is 11.1 Å². The largest absolute Gasteiger partial charge is 0.464 e. The lowest BCUT2D eigenvalue weighted by Crippen LogP contribution is -2.35. The second kappa shape index (κ2) is 8.81. The van der Waals surface area contributed by atoms with Crippen LogP contribution in [0.5, 0.6) is 0 Å². The molecule has 1 heterocycles. The van der Waals surface area contributed by atoms with Crippen molar-refractivity contribution in [3.63, 3.8) is 0 Å². The van der Waals surface area contributed by atoms with Gasteiger partial charge in [0.05, 0.1) is 6.61 Å². The number of carbonyl (C=O) groups is 2. The van der Waals surface area contributed by atoms with E-state index in [9.17, 15) is 18.4 Å². The van der Waals surface area contributed by atoms with Crippen molar-refractivity contribution >= 4 is 11.9 Å². The van der Waals surface area contributed by atoms with E-state index in [1.807, 2.05) is 6.92 Å². The molecule has 0 aliphatic carbocycles. The van der Waals surface area contributed by atoms with Crippen molar-refractivity contribution < 1.29 is 27.5 Å². The van der Waals surface area contributed by atoms with Crippen molar-refractivity contribution in [3.05, 3.63) is 83.1 Å². The lowest BCUT2D eigenvalue weighted by atomic mass is 10.1. The molecule has 2 aromatic carbocycles. The molecule has 0 bridgehead atoms. The van der Waals surface area contributed by atoms with Crippen LogP contribution in [0.2, 0.25) is 0 Å². The van der Waals surface area contributed by atoms with Crippen molar-refractivity contribution in [2.24, 2.45) is 0 Å². The number of ether oxygens (including phenoxy) is 1. The predicted octanol–water partition coefficient (Wildman–Crippen LogP) is 3.55. The lowest BCUT2D eigenvalue weighted by Gasteiger charge is -2.15. The summed E-state index contributed by atoms with van der Waals surface area (Å²) in [6.07, 6.45) is 0. The molecule has 0 unspecified atom stereocenters. The minimum Gasteiger partial charge on any atom is -0.464 e. The lowest BCUT2D eigenvalue weighted by molar-refractivity contribution is -0.146. The zero-order valence-electron chi connectivity index (χ0n) is 16.3. The van der Waals surface area contributed by atoms with E-state index in [-0.39, 0.29) is 17.7 Å². The Morgan fingerprint density at radius 2 is 1.77 bits per heavy atom. The van der Waals surface area contributed by atoms with Crippen LogP contribution in [0.1, 0.15) is 46.2 Å². The quantitative estimate of drug-likeness (QED) is 0.593. The van der Waals surface area contributed by atoms with E-state index < -0.39 is 35.6 Å². The highest BCUT2D eigenvalue weighted by Gasteiger charge is 2.42. The number of nitrogens with zero attached hydrogens (tertiary/aromatic N) is 2. The van der Waals surface area contributed by atoms with Crippen LogP contribution in [-0.2, 0) is 15.5 Å². The molecule has 0 aliphatic heterocycles. The van der Waals surface area contributed by atoms with Crippen LogP contribution in [0, 0.1) is 6.92 Å². The summed E-state index contributed by atoms with van der Waals surface area (Å²) >= 11 is 0. The average molecular weight is 415 g/mol. The molecule has 7 nitrogen and oxygen atoms in total. The molecule has 1 N–H and O–H groups in total. The Labute approximate surface area is 171 Å². The topological polar surface area (TPSA) is 94.3 Å². The zero-order valence-corrected chi connectivity index (χ0v) is 16.3. The van der Waals surface area contributed by atoms with E-state index in [0.717, 1.165) is 5.56 Å². The number of amides is 1. The van der Waals surface area contributed by atoms with Crippen LogP contribution in [-0.4, -0.2) is 28.7 Å². The Kier molecular flexibility index (Phi) is 6.20. The summed E-state index contributed by atoms with van der Waals surface area (Å²) < 4.78 is 39.4. The third-order valence-corrected chi connectivity index (χ3v) is 4.20. The monoisotopic (exact) mass is 415 g/mol. The highest BCUT2D eigenvalue weighted by molar-refractivity contribution is 5.96. The molecule has 3 aromatic rings. The number of halogens is 2. The Morgan fingerprint density at radius 1 is 1.10 bits per heavy atom. The van der Waals surface area contributed by atoms with Gasteiger partial charge in [-0.1, -0.05) is 48.0 Å². The number of alkyl halides is 2. The van der Waals surface area contributed by atoms with Crippen LogP contribution in [0.4, 0.5) is 8.78 Å². The van der Waals surface area contributed by atoms with Crippen molar-refractivity contribution in [1.29, 1.82) is 0 Å². The zero-order chi connectivity index (χ0) is 21.7. The summed E-state index contributed by atoms with van der Waals surface area (Å²) in [5.41, 5.74) is 0.860. The van der Waals surface area contributed by atoms with Crippen LogP contribution >= 0.6 is 0 Å². The van der Waals surface area contributed by atoms with Gasteiger partial charge >= 0.3 is 11.9 Å². The number of benzene rings is 2. The summed E-state index contributed by atoms with van der Waals surface area (Å²) in [7, 11) is 0. The summed E-state index contributed by atoms with van der Waals surface area (Å²) in [5.74, 6) is -6.60. The molecule has 0 fully saturated rings. The molecule has 0 spiro atoms. The Hall–Kier alpha value is -3.62. The van der Waals surface area contributed by atoms with Gasteiger partial charge in [-0.2, -0.15) is 8.78 Å². The maximum Gasteiger partial charge on any atom is 0.349 e. The van der Waals surface area contributed by atoms with Crippen molar-refractivity contribution in [3.8, 4) is 0 Å². The third-order valence-electron chi connectivity index (χ3n) is 4.20. The van der Waals surface area contributed by atoms with Crippen molar-refractivity contribution in [1.82, 2.24) is 15.5 Å². The molecular formula is C21H19F2N3O4. The number of esters is 1. The van der Waals surface area contributed by atoms with Crippen molar-refractivity contribution in [2.45, 2.75) is 25.8 Å². The number of aryl methyl sites for hydroxylation is 1. The third kappa shape index (κ3) is 4.51. The number of aromatic nitrogens is 2. The van der Waals surface area contributed by atoms with Gasteiger partial charge < -0.3 is 14.5 Å². The highest BCUT2D eigenvalue weighted by atomic mass is 19.3. The van der Waals surface area contributed by atoms with E-state index >= 15 is 0 Å². The maximum atomic E-state index is 14.7. The van der Waals surface area contributed by atoms with Gasteiger partial charge in [-0.3, -0.25) is 4.79 Å². The molecular weight excluding hydrogens is 396 g/mol. The average Bonchev–Trinajstić information content (AvgIpc) is 3.24. The fourth-order valence-corrected chi connectivity index (χ4v) is 2.62. The highest BCUT2D eigenvalue weighted by Crippen LogP contribution is 2.35. The first-order chi connectivity index (χ1) is 14.3. The number of hydrogen-bond donors (Lipinski definition) is 1. The molecule has 0 radical (unpaired) electrons. The molecule has 30 heavy (non-hydrogen) atoms. The Morgan fingerprint density at radius 3 is 2.40 bits per heavy atom. The number of rotatable bonds is 7. The minimum absolute atomic E-state index is 0.0108. The van der Waals surface area contributed by atoms with Gasteiger partial charge in [-0.05, 0) is 26.0 Å². The summed E-state index contributed by atoms with van der Waals surface area (Å²) in [4.78, 5) is 24.9. The number of hydrogen-bond acceptors (Lipinski definition) is 6. The second-order valence-electron chi connectivity index (χ2n) is 6.41. The maximum absolute atomic E-state index is 14.7. The molecule has 0 aliphatic rings. The SMILES string of the molecule is CCOC(=O)[C@@H](NC(=O)c1ccc(C)cc1)c1nnc(C(F)(F)c2ccccc2)o1. The van der Waals surface area contributed by atoms with Gasteiger partial charge in [0.25, 0.3) is 17.7 Å². The van der Waals surface area contributed by atoms with Gasteiger partial charge in [0.2, 0.25) is 6.04 Å². The minimum atomic E-state index is -3.58. The van der Waals surface area contributed by atoms with Gasteiger partial charge in [0.1, 0.15) is 0 Å². The summed E-state index contributed by atoms with van der Waals surface area (Å²) in [5, 5.41) is 9.36. The van der Waals surface area contributed by atoms with E-state index in [2.05, 4.69) is 15.5 Å². The fourth-order valence-electron chi connectivity index (χ4n) is 2.62.